The van der Waals surface area contributed by atoms with Crippen molar-refractivity contribution < 1.29 is 14.6 Å². The van der Waals surface area contributed by atoms with Crippen LogP contribution in [0.4, 0.5) is 0 Å². The lowest BCUT2D eigenvalue weighted by molar-refractivity contribution is -0.140. The SMILES string of the molecule is O=C(NCCN1CCCC[C@H]1CO)C1(N2CCOCC2)CCCCC1. The number of carbonyl (C=O) groups is 1. The van der Waals surface area contributed by atoms with Crippen molar-refractivity contribution >= 4 is 5.91 Å². The van der Waals surface area contributed by atoms with Crippen LogP contribution in [-0.4, -0.2) is 84.9 Å². The third kappa shape index (κ3) is 4.54. The summed E-state index contributed by atoms with van der Waals surface area (Å²) in [5.74, 6) is 0.214. The average molecular weight is 354 g/mol. The van der Waals surface area contributed by atoms with Gasteiger partial charge in [0.1, 0.15) is 5.54 Å². The van der Waals surface area contributed by atoms with Crippen LogP contribution in [-0.2, 0) is 9.53 Å². The number of rotatable bonds is 6. The van der Waals surface area contributed by atoms with Crippen molar-refractivity contribution in [2.75, 3.05) is 52.5 Å². The molecule has 2 N–H and O–H groups in total. The number of amides is 1. The monoisotopic (exact) mass is 353 g/mol. The van der Waals surface area contributed by atoms with Gasteiger partial charge in [-0.25, -0.2) is 0 Å². The van der Waals surface area contributed by atoms with Crippen LogP contribution in [0, 0.1) is 0 Å². The molecule has 2 heterocycles. The van der Waals surface area contributed by atoms with Gasteiger partial charge in [-0.1, -0.05) is 25.7 Å². The Bertz CT molecular complexity index is 420. The van der Waals surface area contributed by atoms with Crippen molar-refractivity contribution in [3.8, 4) is 0 Å². The molecular weight excluding hydrogens is 318 g/mol. The predicted molar refractivity (Wildman–Crippen MR) is 97.5 cm³/mol. The molecule has 2 aliphatic heterocycles. The minimum atomic E-state index is -0.319. The van der Waals surface area contributed by atoms with Crippen molar-refractivity contribution in [2.45, 2.75) is 62.9 Å². The van der Waals surface area contributed by atoms with E-state index in [1.165, 1.54) is 19.3 Å². The Balaban J connectivity index is 1.55. The van der Waals surface area contributed by atoms with Gasteiger partial charge in [-0.05, 0) is 32.2 Å². The lowest BCUT2D eigenvalue weighted by Gasteiger charge is -2.46. The molecule has 6 heteroatoms. The molecule has 0 bridgehead atoms. The zero-order valence-corrected chi connectivity index (χ0v) is 15.5. The number of nitrogens with zero attached hydrogens (tertiary/aromatic N) is 2. The summed E-state index contributed by atoms with van der Waals surface area (Å²) in [6.45, 7) is 6.00. The van der Waals surface area contributed by atoms with Crippen molar-refractivity contribution in [1.82, 2.24) is 15.1 Å². The lowest BCUT2D eigenvalue weighted by Crippen LogP contribution is -2.62. The minimum Gasteiger partial charge on any atom is -0.395 e. The molecule has 0 aromatic carbocycles. The summed E-state index contributed by atoms with van der Waals surface area (Å²) < 4.78 is 5.50. The molecule has 0 aromatic heterocycles. The standard InChI is InChI=1S/C19H35N3O3/c23-16-17-6-2-5-10-21(17)11-9-20-18(24)19(7-3-1-4-8-19)22-12-14-25-15-13-22/h17,23H,1-16H2,(H,20,24)/t17-/m0/s1. The van der Waals surface area contributed by atoms with E-state index >= 15 is 0 Å². The number of hydrogen-bond acceptors (Lipinski definition) is 5. The van der Waals surface area contributed by atoms with Gasteiger partial charge in [0.15, 0.2) is 0 Å². The van der Waals surface area contributed by atoms with Gasteiger partial charge in [0.25, 0.3) is 0 Å². The zero-order chi connectivity index (χ0) is 17.5. The van der Waals surface area contributed by atoms with Crippen LogP contribution in [0.2, 0.25) is 0 Å². The quantitative estimate of drug-likeness (QED) is 0.745. The first kappa shape index (κ1) is 19.1. The summed E-state index contributed by atoms with van der Waals surface area (Å²) in [7, 11) is 0. The Morgan fingerprint density at radius 2 is 1.84 bits per heavy atom. The minimum absolute atomic E-state index is 0.214. The van der Waals surface area contributed by atoms with Crippen LogP contribution in [0.5, 0.6) is 0 Å². The third-order valence-electron chi connectivity index (χ3n) is 6.36. The molecule has 1 amide bonds. The molecule has 3 rings (SSSR count). The van der Waals surface area contributed by atoms with Crippen molar-refractivity contribution in [2.24, 2.45) is 0 Å². The first-order valence-electron chi connectivity index (χ1n) is 10.2. The van der Waals surface area contributed by atoms with Gasteiger partial charge >= 0.3 is 0 Å². The van der Waals surface area contributed by atoms with Crippen molar-refractivity contribution in [3.63, 3.8) is 0 Å². The summed E-state index contributed by atoms with van der Waals surface area (Å²) in [6, 6.07) is 0.272. The van der Waals surface area contributed by atoms with Gasteiger partial charge in [-0.2, -0.15) is 0 Å². The van der Waals surface area contributed by atoms with Crippen LogP contribution in [0.25, 0.3) is 0 Å². The van der Waals surface area contributed by atoms with Gasteiger partial charge in [0.2, 0.25) is 5.91 Å². The predicted octanol–water partition coefficient (Wildman–Crippen LogP) is 0.985. The maximum Gasteiger partial charge on any atom is 0.240 e. The summed E-state index contributed by atoms with van der Waals surface area (Å²) in [6.07, 6.45) is 8.94. The number of carbonyl (C=O) groups excluding carboxylic acids is 1. The summed E-state index contributed by atoms with van der Waals surface area (Å²) in [4.78, 5) is 17.9. The fourth-order valence-electron chi connectivity index (χ4n) is 4.85. The highest BCUT2D eigenvalue weighted by molar-refractivity contribution is 5.86. The molecule has 0 radical (unpaired) electrons. The fourth-order valence-corrected chi connectivity index (χ4v) is 4.85. The normalized spacial score (nSPS) is 28.6. The van der Waals surface area contributed by atoms with Gasteiger partial charge in [-0.3, -0.25) is 14.6 Å². The number of nitrogens with one attached hydrogen (secondary N) is 1. The van der Waals surface area contributed by atoms with Crippen LogP contribution >= 0.6 is 0 Å². The van der Waals surface area contributed by atoms with E-state index in [-0.39, 0.29) is 24.1 Å². The smallest absolute Gasteiger partial charge is 0.240 e. The lowest BCUT2D eigenvalue weighted by atomic mass is 9.79. The number of morpholine rings is 1. The van der Waals surface area contributed by atoms with E-state index in [2.05, 4.69) is 15.1 Å². The third-order valence-corrected chi connectivity index (χ3v) is 6.36. The van der Waals surface area contributed by atoms with E-state index in [1.54, 1.807) is 0 Å². The fraction of sp³-hybridized carbons (Fsp3) is 0.947. The first-order valence-corrected chi connectivity index (χ1v) is 10.2. The molecule has 3 aliphatic rings. The highest BCUT2D eigenvalue weighted by Crippen LogP contribution is 2.34. The maximum absolute atomic E-state index is 13.2. The van der Waals surface area contributed by atoms with Crippen molar-refractivity contribution in [3.05, 3.63) is 0 Å². The molecule has 1 atom stereocenters. The van der Waals surface area contributed by atoms with Gasteiger partial charge in [0.05, 0.1) is 19.8 Å². The highest BCUT2D eigenvalue weighted by atomic mass is 16.5. The van der Waals surface area contributed by atoms with E-state index in [1.807, 2.05) is 0 Å². The molecule has 3 fully saturated rings. The molecule has 0 spiro atoms. The van der Waals surface area contributed by atoms with E-state index < -0.39 is 0 Å². The number of aliphatic hydroxyl groups excluding tert-OH is 1. The molecule has 0 aromatic rings. The average Bonchev–Trinajstić information content (AvgIpc) is 2.69. The molecule has 144 valence electrons. The zero-order valence-electron chi connectivity index (χ0n) is 15.5. The Morgan fingerprint density at radius 1 is 1.08 bits per heavy atom. The first-order chi connectivity index (χ1) is 12.3. The summed E-state index contributed by atoms with van der Waals surface area (Å²) >= 11 is 0. The Kier molecular flexibility index (Phi) is 7.10. The topological polar surface area (TPSA) is 65.0 Å². The van der Waals surface area contributed by atoms with E-state index in [0.29, 0.717) is 6.54 Å². The second kappa shape index (κ2) is 9.31. The summed E-state index contributed by atoms with van der Waals surface area (Å²) in [5, 5.41) is 12.8. The molecule has 1 saturated carbocycles. The van der Waals surface area contributed by atoms with Gasteiger partial charge in [-0.15, -0.1) is 0 Å². The van der Waals surface area contributed by atoms with Crippen molar-refractivity contribution in [1.29, 1.82) is 0 Å². The number of ether oxygens (including phenoxy) is 1. The van der Waals surface area contributed by atoms with E-state index in [0.717, 1.165) is 71.5 Å². The number of likely N-dealkylation sites (tertiary alicyclic amines) is 1. The Hall–Kier alpha value is -0.690. The summed E-state index contributed by atoms with van der Waals surface area (Å²) in [5.41, 5.74) is -0.319. The molecule has 0 unspecified atom stereocenters. The van der Waals surface area contributed by atoms with E-state index in [4.69, 9.17) is 4.74 Å². The molecule has 25 heavy (non-hydrogen) atoms. The number of piperidine rings is 1. The Labute approximate surface area is 151 Å². The van der Waals surface area contributed by atoms with E-state index in [9.17, 15) is 9.90 Å². The van der Waals surface area contributed by atoms with Crippen LogP contribution in [0.1, 0.15) is 51.4 Å². The number of aliphatic hydroxyl groups is 1. The molecule has 1 aliphatic carbocycles. The molecule has 6 nitrogen and oxygen atoms in total. The highest BCUT2D eigenvalue weighted by Gasteiger charge is 2.44. The second-order valence-electron chi connectivity index (χ2n) is 7.82. The van der Waals surface area contributed by atoms with Gasteiger partial charge in [0, 0.05) is 32.2 Å². The number of hydrogen-bond donors (Lipinski definition) is 2. The Morgan fingerprint density at radius 3 is 2.56 bits per heavy atom. The maximum atomic E-state index is 13.2. The second-order valence-corrected chi connectivity index (χ2v) is 7.82. The van der Waals surface area contributed by atoms with Crippen LogP contribution in [0.3, 0.4) is 0 Å². The van der Waals surface area contributed by atoms with Crippen LogP contribution in [0.15, 0.2) is 0 Å². The molecular formula is C19H35N3O3. The van der Waals surface area contributed by atoms with Gasteiger partial charge < -0.3 is 15.2 Å². The molecule has 2 saturated heterocycles. The largest absolute Gasteiger partial charge is 0.395 e. The van der Waals surface area contributed by atoms with Crippen LogP contribution < -0.4 is 5.32 Å².